The summed E-state index contributed by atoms with van der Waals surface area (Å²) >= 11 is 0. The molecule has 0 radical (unpaired) electrons. The number of amides is 1. The molecule has 0 bridgehead atoms. The fourth-order valence-electron chi connectivity index (χ4n) is 2.10. The third-order valence-electron chi connectivity index (χ3n) is 2.97. The number of hydrogen-bond acceptors (Lipinski definition) is 3. The van der Waals surface area contributed by atoms with E-state index < -0.39 is 10.0 Å². The number of piperidine rings is 1. The number of likely N-dealkylation sites (tertiary alicyclic amines) is 1. The van der Waals surface area contributed by atoms with Crippen LogP contribution < -0.4 is 4.72 Å². The van der Waals surface area contributed by atoms with E-state index in [1.165, 1.54) is 0 Å². The number of hydrogen-bond donors (Lipinski definition) is 1. The van der Waals surface area contributed by atoms with Crippen LogP contribution in [0.15, 0.2) is 0 Å². The zero-order valence-corrected chi connectivity index (χ0v) is 11.4. The van der Waals surface area contributed by atoms with Crippen LogP contribution in [0, 0.1) is 5.92 Å². The molecule has 0 aromatic rings. The van der Waals surface area contributed by atoms with E-state index in [0.717, 1.165) is 32.1 Å². The van der Waals surface area contributed by atoms with Gasteiger partial charge in [0.1, 0.15) is 0 Å². The lowest BCUT2D eigenvalue weighted by molar-refractivity contribution is -0.132. The summed E-state index contributed by atoms with van der Waals surface area (Å²) in [4.78, 5) is 13.6. The van der Waals surface area contributed by atoms with Crippen LogP contribution in [0.4, 0.5) is 0 Å². The van der Waals surface area contributed by atoms with Gasteiger partial charge in [0.2, 0.25) is 15.9 Å². The van der Waals surface area contributed by atoms with Gasteiger partial charge in [-0.05, 0) is 25.2 Å². The van der Waals surface area contributed by atoms with Crippen molar-refractivity contribution in [2.45, 2.75) is 32.6 Å². The van der Waals surface area contributed by atoms with Crippen LogP contribution >= 0.6 is 0 Å². The van der Waals surface area contributed by atoms with Crippen LogP contribution in [-0.2, 0) is 14.8 Å². The molecule has 100 valence electrons. The molecule has 1 N–H and O–H groups in total. The highest BCUT2D eigenvalue weighted by Crippen LogP contribution is 2.17. The summed E-state index contributed by atoms with van der Waals surface area (Å²) < 4.78 is 24.5. The van der Waals surface area contributed by atoms with Crippen molar-refractivity contribution in [1.29, 1.82) is 0 Å². The molecule has 1 aliphatic heterocycles. The highest BCUT2D eigenvalue weighted by Gasteiger charge is 2.23. The van der Waals surface area contributed by atoms with Gasteiger partial charge >= 0.3 is 0 Å². The molecule has 0 aliphatic carbocycles. The number of carbonyl (C=O) groups excluding carboxylic acids is 1. The molecular weight excluding hydrogens is 240 g/mol. The van der Waals surface area contributed by atoms with E-state index in [0.29, 0.717) is 19.5 Å². The summed E-state index contributed by atoms with van der Waals surface area (Å²) in [7, 11) is -3.12. The van der Waals surface area contributed by atoms with Crippen molar-refractivity contribution < 1.29 is 13.2 Å². The minimum absolute atomic E-state index is 0.191. The summed E-state index contributed by atoms with van der Waals surface area (Å²) in [6.45, 7) is 3.93. The largest absolute Gasteiger partial charge is 0.342 e. The number of rotatable bonds is 5. The molecule has 17 heavy (non-hydrogen) atoms. The zero-order valence-electron chi connectivity index (χ0n) is 10.6. The predicted octanol–water partition coefficient (Wildman–Crippen LogP) is 0.574. The normalized spacial score (nSPS) is 21.5. The summed E-state index contributed by atoms with van der Waals surface area (Å²) in [6, 6.07) is 0. The molecule has 1 saturated heterocycles. The monoisotopic (exact) mass is 262 g/mol. The standard InChI is InChI=1S/C11H22N2O3S/c1-3-5-11(14)13-7-4-6-10(9-13)8-12-17(2,15)16/h10,12H,3-9H2,1-2H3. The maximum absolute atomic E-state index is 11.7. The van der Waals surface area contributed by atoms with Crippen LogP contribution in [-0.4, -0.2) is 45.1 Å². The molecule has 1 atom stereocenters. The van der Waals surface area contributed by atoms with Crippen LogP contribution in [0.3, 0.4) is 0 Å². The van der Waals surface area contributed by atoms with Crippen molar-refractivity contribution in [3.63, 3.8) is 0 Å². The van der Waals surface area contributed by atoms with Gasteiger partial charge in [-0.25, -0.2) is 13.1 Å². The van der Waals surface area contributed by atoms with E-state index in [-0.39, 0.29) is 11.8 Å². The van der Waals surface area contributed by atoms with Gasteiger partial charge in [0.15, 0.2) is 0 Å². The maximum Gasteiger partial charge on any atom is 0.222 e. The predicted molar refractivity (Wildman–Crippen MR) is 67.1 cm³/mol. The number of nitrogens with zero attached hydrogens (tertiary/aromatic N) is 1. The zero-order chi connectivity index (χ0) is 12.9. The summed E-state index contributed by atoms with van der Waals surface area (Å²) in [5.41, 5.74) is 0. The molecule has 0 aromatic heterocycles. The second-order valence-corrected chi connectivity index (χ2v) is 6.55. The Morgan fingerprint density at radius 1 is 1.47 bits per heavy atom. The van der Waals surface area contributed by atoms with Gasteiger partial charge in [0, 0.05) is 26.1 Å². The fraction of sp³-hybridized carbons (Fsp3) is 0.909. The van der Waals surface area contributed by atoms with Crippen molar-refractivity contribution in [2.75, 3.05) is 25.9 Å². The Morgan fingerprint density at radius 3 is 2.76 bits per heavy atom. The molecule has 0 spiro atoms. The van der Waals surface area contributed by atoms with E-state index in [1.54, 1.807) is 0 Å². The lowest BCUT2D eigenvalue weighted by Crippen LogP contribution is -2.43. The molecule has 1 amide bonds. The van der Waals surface area contributed by atoms with Crippen molar-refractivity contribution >= 4 is 15.9 Å². The van der Waals surface area contributed by atoms with E-state index in [4.69, 9.17) is 0 Å². The van der Waals surface area contributed by atoms with Crippen molar-refractivity contribution in [1.82, 2.24) is 9.62 Å². The number of nitrogens with one attached hydrogen (secondary N) is 1. The molecule has 0 saturated carbocycles. The third-order valence-corrected chi connectivity index (χ3v) is 3.66. The number of sulfonamides is 1. The SMILES string of the molecule is CCCC(=O)N1CCCC(CNS(C)(=O)=O)C1. The minimum atomic E-state index is -3.12. The van der Waals surface area contributed by atoms with Crippen LogP contribution in [0.1, 0.15) is 32.6 Å². The van der Waals surface area contributed by atoms with Crippen LogP contribution in [0.2, 0.25) is 0 Å². The topological polar surface area (TPSA) is 66.5 Å². The average Bonchev–Trinajstić information content (AvgIpc) is 2.26. The van der Waals surface area contributed by atoms with Crippen molar-refractivity contribution in [2.24, 2.45) is 5.92 Å². The molecule has 1 heterocycles. The Bertz CT molecular complexity index is 354. The maximum atomic E-state index is 11.7. The molecule has 1 aliphatic rings. The smallest absolute Gasteiger partial charge is 0.222 e. The minimum Gasteiger partial charge on any atom is -0.342 e. The van der Waals surface area contributed by atoms with Gasteiger partial charge in [-0.3, -0.25) is 4.79 Å². The quantitative estimate of drug-likeness (QED) is 0.788. The summed E-state index contributed by atoms with van der Waals surface area (Å²) in [5, 5.41) is 0. The van der Waals surface area contributed by atoms with Gasteiger partial charge < -0.3 is 4.90 Å². The molecule has 1 unspecified atom stereocenters. The Kier molecular flexibility index (Phi) is 5.39. The lowest BCUT2D eigenvalue weighted by Gasteiger charge is -2.32. The summed E-state index contributed by atoms with van der Waals surface area (Å²) in [6.07, 6.45) is 4.56. The first-order chi connectivity index (χ1) is 7.92. The second kappa shape index (κ2) is 6.35. The van der Waals surface area contributed by atoms with E-state index in [1.807, 2.05) is 11.8 Å². The first-order valence-corrected chi connectivity index (χ1v) is 8.04. The molecular formula is C11H22N2O3S. The summed E-state index contributed by atoms with van der Waals surface area (Å²) in [5.74, 6) is 0.441. The Labute approximate surface area is 104 Å². The van der Waals surface area contributed by atoms with E-state index in [9.17, 15) is 13.2 Å². The Morgan fingerprint density at radius 2 is 2.18 bits per heavy atom. The third kappa shape index (κ3) is 5.50. The Hall–Kier alpha value is -0.620. The molecule has 0 aromatic carbocycles. The van der Waals surface area contributed by atoms with Crippen molar-refractivity contribution in [3.8, 4) is 0 Å². The molecule has 6 heteroatoms. The molecule has 5 nitrogen and oxygen atoms in total. The van der Waals surface area contributed by atoms with Gasteiger partial charge in [-0.15, -0.1) is 0 Å². The molecule has 1 rings (SSSR count). The first kappa shape index (κ1) is 14.4. The van der Waals surface area contributed by atoms with Gasteiger partial charge in [0.25, 0.3) is 0 Å². The van der Waals surface area contributed by atoms with Crippen LogP contribution in [0.5, 0.6) is 0 Å². The van der Waals surface area contributed by atoms with Crippen molar-refractivity contribution in [3.05, 3.63) is 0 Å². The van der Waals surface area contributed by atoms with Gasteiger partial charge in [-0.1, -0.05) is 6.92 Å². The van der Waals surface area contributed by atoms with E-state index >= 15 is 0 Å². The fourth-order valence-corrected chi connectivity index (χ4v) is 2.64. The second-order valence-electron chi connectivity index (χ2n) is 4.72. The van der Waals surface area contributed by atoms with Gasteiger partial charge in [-0.2, -0.15) is 0 Å². The van der Waals surface area contributed by atoms with Gasteiger partial charge in [0.05, 0.1) is 6.26 Å². The highest BCUT2D eigenvalue weighted by atomic mass is 32.2. The Balaban J connectivity index is 2.41. The molecule has 1 fully saturated rings. The highest BCUT2D eigenvalue weighted by molar-refractivity contribution is 7.88. The number of carbonyl (C=O) groups is 1. The lowest BCUT2D eigenvalue weighted by atomic mass is 9.98. The van der Waals surface area contributed by atoms with Crippen LogP contribution in [0.25, 0.3) is 0 Å². The van der Waals surface area contributed by atoms with E-state index in [2.05, 4.69) is 4.72 Å². The average molecular weight is 262 g/mol. The first-order valence-electron chi connectivity index (χ1n) is 6.14.